The Morgan fingerprint density at radius 2 is 1.71 bits per heavy atom. The summed E-state index contributed by atoms with van der Waals surface area (Å²) in [7, 11) is 0. The highest BCUT2D eigenvalue weighted by atomic mass is 16.5. The quantitative estimate of drug-likeness (QED) is 0.748. The van der Waals surface area contributed by atoms with Crippen LogP contribution in [0.4, 0.5) is 0 Å². The molecule has 4 unspecified atom stereocenters. The lowest BCUT2D eigenvalue weighted by Crippen LogP contribution is -2.58. The molecule has 0 amide bonds. The van der Waals surface area contributed by atoms with Crippen molar-refractivity contribution in [2.45, 2.75) is 90.8 Å². The molecule has 2 bridgehead atoms. The maximum Gasteiger partial charge on any atom is 0.144 e. The maximum atomic E-state index is 12.3. The summed E-state index contributed by atoms with van der Waals surface area (Å²) in [6, 6.07) is 0. The second-order valence-corrected chi connectivity index (χ2v) is 9.07. The molecule has 4 rings (SSSR count). The number of carbonyl (C=O) groups excluding carboxylic acids is 1. The van der Waals surface area contributed by atoms with Crippen LogP contribution < -0.4 is 0 Å². The molecule has 0 radical (unpaired) electrons. The second kappa shape index (κ2) is 4.34. The van der Waals surface area contributed by atoms with Crippen molar-refractivity contribution in [3.63, 3.8) is 0 Å². The average molecular weight is 290 g/mol. The highest BCUT2D eigenvalue weighted by Crippen LogP contribution is 2.67. The lowest BCUT2D eigenvalue weighted by atomic mass is 9.57. The van der Waals surface area contributed by atoms with E-state index in [0.29, 0.717) is 29.1 Å². The summed E-state index contributed by atoms with van der Waals surface area (Å²) in [6.07, 6.45) is 11.2. The first-order valence-corrected chi connectivity index (χ1v) is 9.09. The second-order valence-electron chi connectivity index (χ2n) is 9.07. The van der Waals surface area contributed by atoms with Crippen molar-refractivity contribution in [3.8, 4) is 0 Å². The highest BCUT2D eigenvalue weighted by Gasteiger charge is 2.64. The van der Waals surface area contributed by atoms with Crippen molar-refractivity contribution in [2.24, 2.45) is 22.2 Å². The van der Waals surface area contributed by atoms with E-state index in [1.807, 2.05) is 0 Å². The Bertz CT molecular complexity index is 460. The lowest BCUT2D eigenvalue weighted by Gasteiger charge is -2.52. The molecule has 0 aromatic carbocycles. The molecule has 2 heteroatoms. The fraction of sp³-hybridized carbons (Fsp3) is 0.947. The monoisotopic (exact) mass is 290 g/mol. The van der Waals surface area contributed by atoms with Gasteiger partial charge in [-0.1, -0.05) is 40.0 Å². The van der Waals surface area contributed by atoms with Crippen LogP contribution in [0, 0.1) is 22.2 Å². The fourth-order valence-electron chi connectivity index (χ4n) is 6.11. The van der Waals surface area contributed by atoms with Gasteiger partial charge in [0.15, 0.2) is 0 Å². The Hall–Kier alpha value is -0.370. The molecule has 0 heterocycles. The molecular weight excluding hydrogens is 260 g/mol. The van der Waals surface area contributed by atoms with E-state index in [2.05, 4.69) is 20.8 Å². The molecule has 4 aliphatic carbocycles. The molecule has 0 saturated heterocycles. The van der Waals surface area contributed by atoms with Gasteiger partial charge in [0.05, 0.1) is 17.6 Å². The molecule has 0 aliphatic heterocycles. The third kappa shape index (κ3) is 1.66. The van der Waals surface area contributed by atoms with Crippen LogP contribution >= 0.6 is 0 Å². The van der Waals surface area contributed by atoms with Crippen molar-refractivity contribution in [1.82, 2.24) is 0 Å². The van der Waals surface area contributed by atoms with E-state index in [-0.39, 0.29) is 11.5 Å². The molecule has 4 aliphatic rings. The molecular formula is C19H30O2. The van der Waals surface area contributed by atoms with Crippen molar-refractivity contribution in [2.75, 3.05) is 0 Å². The van der Waals surface area contributed by atoms with Gasteiger partial charge in [-0.25, -0.2) is 0 Å². The molecule has 1 spiro atoms. The van der Waals surface area contributed by atoms with Gasteiger partial charge in [0.1, 0.15) is 5.78 Å². The zero-order valence-corrected chi connectivity index (χ0v) is 13.9. The molecule has 0 aromatic rings. The van der Waals surface area contributed by atoms with Gasteiger partial charge in [-0.2, -0.15) is 0 Å². The van der Waals surface area contributed by atoms with E-state index in [0.717, 1.165) is 18.8 Å². The normalized spacial score (nSPS) is 46.8. The van der Waals surface area contributed by atoms with E-state index in [9.17, 15) is 4.79 Å². The fourth-order valence-corrected chi connectivity index (χ4v) is 6.11. The van der Waals surface area contributed by atoms with Gasteiger partial charge in [0.2, 0.25) is 0 Å². The van der Waals surface area contributed by atoms with Gasteiger partial charge < -0.3 is 4.74 Å². The van der Waals surface area contributed by atoms with Crippen LogP contribution in [0.2, 0.25) is 0 Å². The number of carbonyl (C=O) groups is 1. The van der Waals surface area contributed by atoms with Crippen LogP contribution in [0.3, 0.4) is 0 Å². The molecule has 4 atom stereocenters. The summed E-state index contributed by atoms with van der Waals surface area (Å²) in [5.74, 6) is 1.32. The summed E-state index contributed by atoms with van der Waals surface area (Å²) in [5.41, 5.74) is 0.665. The molecule has 4 saturated carbocycles. The van der Waals surface area contributed by atoms with E-state index >= 15 is 0 Å². The van der Waals surface area contributed by atoms with Crippen molar-refractivity contribution >= 4 is 5.78 Å². The minimum atomic E-state index is -0.0689. The van der Waals surface area contributed by atoms with Gasteiger partial charge in [-0.3, -0.25) is 4.79 Å². The first-order chi connectivity index (χ1) is 9.90. The number of hydrogen-bond donors (Lipinski definition) is 0. The first kappa shape index (κ1) is 14.2. The molecule has 0 aromatic heterocycles. The summed E-state index contributed by atoms with van der Waals surface area (Å²) in [5, 5.41) is 0. The van der Waals surface area contributed by atoms with Crippen LogP contribution in [-0.2, 0) is 9.53 Å². The minimum Gasteiger partial charge on any atom is -0.373 e. The topological polar surface area (TPSA) is 26.3 Å². The smallest absolute Gasteiger partial charge is 0.144 e. The molecule has 2 nitrogen and oxygen atoms in total. The van der Waals surface area contributed by atoms with Crippen molar-refractivity contribution < 1.29 is 9.53 Å². The highest BCUT2D eigenvalue weighted by molar-refractivity contribution is 5.92. The van der Waals surface area contributed by atoms with E-state index in [1.54, 1.807) is 0 Å². The molecule has 118 valence electrons. The number of ketones is 1. The van der Waals surface area contributed by atoms with Crippen LogP contribution in [-0.4, -0.2) is 18.0 Å². The number of hydrogen-bond acceptors (Lipinski definition) is 2. The van der Waals surface area contributed by atoms with Crippen molar-refractivity contribution in [1.29, 1.82) is 0 Å². The van der Waals surface area contributed by atoms with Gasteiger partial charge in [-0.15, -0.1) is 0 Å². The largest absolute Gasteiger partial charge is 0.373 e. The van der Waals surface area contributed by atoms with E-state index in [1.165, 1.54) is 38.5 Å². The Morgan fingerprint density at radius 3 is 2.24 bits per heavy atom. The number of rotatable bonds is 2. The average Bonchev–Trinajstić information content (AvgIpc) is 2.81. The molecule has 4 fully saturated rings. The van der Waals surface area contributed by atoms with Gasteiger partial charge >= 0.3 is 0 Å². The predicted octanol–water partition coefficient (Wildman–Crippen LogP) is 4.51. The predicted molar refractivity (Wildman–Crippen MR) is 83.0 cm³/mol. The summed E-state index contributed by atoms with van der Waals surface area (Å²) < 4.78 is 6.66. The number of fused-ring (bicyclic) bond motifs is 2. The van der Waals surface area contributed by atoms with Crippen LogP contribution in [0.25, 0.3) is 0 Å². The molecule has 21 heavy (non-hydrogen) atoms. The Labute approximate surface area is 129 Å². The summed E-state index contributed by atoms with van der Waals surface area (Å²) in [4.78, 5) is 12.3. The maximum absolute atomic E-state index is 12.3. The van der Waals surface area contributed by atoms with Crippen molar-refractivity contribution in [3.05, 3.63) is 0 Å². The van der Waals surface area contributed by atoms with Crippen LogP contribution in [0.1, 0.15) is 78.6 Å². The summed E-state index contributed by atoms with van der Waals surface area (Å²) >= 11 is 0. The Morgan fingerprint density at radius 1 is 1.00 bits per heavy atom. The lowest BCUT2D eigenvalue weighted by molar-refractivity contribution is -0.190. The van der Waals surface area contributed by atoms with Gasteiger partial charge in [0.25, 0.3) is 0 Å². The van der Waals surface area contributed by atoms with Gasteiger partial charge in [0, 0.05) is 6.42 Å². The standard InChI is InChI=1S/C19H30O2/c1-17(2)13-7-10-18(17,3)15(11-13)21-16-12-14(20)19(16)8-5-4-6-9-19/h13,15-16H,4-12H2,1-3H3. The van der Waals surface area contributed by atoms with Crippen LogP contribution in [0.15, 0.2) is 0 Å². The third-order valence-corrected chi connectivity index (χ3v) is 8.33. The minimum absolute atomic E-state index is 0.0689. The van der Waals surface area contributed by atoms with E-state index < -0.39 is 0 Å². The van der Waals surface area contributed by atoms with Crippen LogP contribution in [0.5, 0.6) is 0 Å². The SMILES string of the molecule is CC1(C)C2CCC1(C)C(OC1CC(=O)C13CCCCC3)C2. The van der Waals surface area contributed by atoms with E-state index in [4.69, 9.17) is 4.74 Å². The zero-order chi connectivity index (χ0) is 14.9. The van der Waals surface area contributed by atoms with Gasteiger partial charge in [-0.05, 0) is 48.9 Å². The molecule has 0 N–H and O–H groups in total. The number of ether oxygens (including phenoxy) is 1. The Balaban J connectivity index is 1.52. The zero-order valence-electron chi connectivity index (χ0n) is 13.9. The first-order valence-electron chi connectivity index (χ1n) is 9.09. The summed E-state index contributed by atoms with van der Waals surface area (Å²) in [6.45, 7) is 7.32. The Kier molecular flexibility index (Phi) is 2.94. The number of Topliss-reactive ketones (excluding diaryl/α,β-unsaturated/α-hetero) is 1. The third-order valence-electron chi connectivity index (χ3n) is 8.33.